The summed E-state index contributed by atoms with van der Waals surface area (Å²) in [6, 6.07) is 12.7. The van der Waals surface area contributed by atoms with Crippen LogP contribution in [0.25, 0.3) is 0 Å². The SMILES string of the molecule is CCSc1cccc(Oc2ccc(Cl)cc2Cl)c1C#N. The monoisotopic (exact) mass is 323 g/mol. The Labute approximate surface area is 132 Å². The molecule has 5 heteroatoms. The summed E-state index contributed by atoms with van der Waals surface area (Å²) >= 11 is 13.5. The van der Waals surface area contributed by atoms with Crippen LogP contribution in [-0.2, 0) is 0 Å². The number of rotatable bonds is 4. The average Bonchev–Trinajstić information content (AvgIpc) is 2.42. The lowest BCUT2D eigenvalue weighted by molar-refractivity contribution is 0.480. The molecule has 0 aliphatic rings. The molecule has 102 valence electrons. The quantitative estimate of drug-likeness (QED) is 0.669. The van der Waals surface area contributed by atoms with E-state index in [9.17, 15) is 5.26 Å². The first-order chi connectivity index (χ1) is 9.65. The third-order valence-corrected chi connectivity index (χ3v) is 3.98. The molecular weight excluding hydrogens is 313 g/mol. The molecule has 0 aliphatic heterocycles. The molecule has 0 aromatic heterocycles. The summed E-state index contributed by atoms with van der Waals surface area (Å²) in [5, 5.41) is 10.3. The first-order valence-corrected chi connectivity index (χ1v) is 7.68. The zero-order chi connectivity index (χ0) is 14.5. The van der Waals surface area contributed by atoms with Gasteiger partial charge in [-0.3, -0.25) is 0 Å². The van der Waals surface area contributed by atoms with Gasteiger partial charge in [0.25, 0.3) is 0 Å². The van der Waals surface area contributed by atoms with Crippen LogP contribution in [-0.4, -0.2) is 5.75 Å². The van der Waals surface area contributed by atoms with E-state index in [0.29, 0.717) is 27.1 Å². The van der Waals surface area contributed by atoms with Crippen LogP contribution in [0.3, 0.4) is 0 Å². The lowest BCUT2D eigenvalue weighted by Crippen LogP contribution is -1.91. The van der Waals surface area contributed by atoms with Gasteiger partial charge < -0.3 is 4.74 Å². The van der Waals surface area contributed by atoms with Gasteiger partial charge in [0.1, 0.15) is 23.1 Å². The van der Waals surface area contributed by atoms with Crippen LogP contribution in [0, 0.1) is 11.3 Å². The average molecular weight is 324 g/mol. The van der Waals surface area contributed by atoms with Gasteiger partial charge in [-0.1, -0.05) is 36.2 Å². The van der Waals surface area contributed by atoms with Crippen LogP contribution >= 0.6 is 35.0 Å². The lowest BCUT2D eigenvalue weighted by Gasteiger charge is -2.11. The maximum Gasteiger partial charge on any atom is 0.146 e. The van der Waals surface area contributed by atoms with Crippen molar-refractivity contribution in [3.8, 4) is 17.6 Å². The van der Waals surface area contributed by atoms with Gasteiger partial charge in [0.2, 0.25) is 0 Å². The molecule has 2 aromatic rings. The largest absolute Gasteiger partial charge is 0.454 e. The fourth-order valence-corrected chi connectivity index (χ4v) is 2.88. The molecule has 2 nitrogen and oxygen atoms in total. The standard InChI is InChI=1S/C15H11Cl2NOS/c1-2-20-15-5-3-4-13(11(15)9-18)19-14-7-6-10(16)8-12(14)17/h3-8H,2H2,1H3. The first kappa shape index (κ1) is 15.1. The van der Waals surface area contributed by atoms with Gasteiger partial charge in [0, 0.05) is 9.92 Å². The van der Waals surface area contributed by atoms with Gasteiger partial charge in [0.05, 0.1) is 5.02 Å². The Kier molecular flexibility index (Phi) is 5.19. The molecule has 0 amide bonds. The van der Waals surface area contributed by atoms with Crippen molar-refractivity contribution < 1.29 is 4.74 Å². The summed E-state index contributed by atoms with van der Waals surface area (Å²) in [4.78, 5) is 0.901. The Balaban J connectivity index is 2.38. The molecular formula is C15H11Cl2NOS. The number of benzene rings is 2. The lowest BCUT2D eigenvalue weighted by atomic mass is 10.2. The second-order valence-electron chi connectivity index (χ2n) is 3.85. The van der Waals surface area contributed by atoms with Crippen molar-refractivity contribution in [3.63, 3.8) is 0 Å². The van der Waals surface area contributed by atoms with Gasteiger partial charge in [0.15, 0.2) is 0 Å². The highest BCUT2D eigenvalue weighted by Crippen LogP contribution is 2.36. The van der Waals surface area contributed by atoms with Gasteiger partial charge in [-0.2, -0.15) is 5.26 Å². The predicted octanol–water partition coefficient (Wildman–Crippen LogP) is 5.77. The predicted molar refractivity (Wildman–Crippen MR) is 84.1 cm³/mol. The van der Waals surface area contributed by atoms with E-state index >= 15 is 0 Å². The molecule has 0 spiro atoms. The topological polar surface area (TPSA) is 33.0 Å². The van der Waals surface area contributed by atoms with Crippen LogP contribution in [0.15, 0.2) is 41.3 Å². The molecule has 2 rings (SSSR count). The third-order valence-electron chi connectivity index (χ3n) is 2.51. The van der Waals surface area contributed by atoms with Crippen LogP contribution in [0.1, 0.15) is 12.5 Å². The molecule has 0 radical (unpaired) electrons. The summed E-state index contributed by atoms with van der Waals surface area (Å²) in [7, 11) is 0. The molecule has 0 saturated heterocycles. The maximum absolute atomic E-state index is 9.32. The number of hydrogen-bond acceptors (Lipinski definition) is 3. The fraction of sp³-hybridized carbons (Fsp3) is 0.133. The smallest absolute Gasteiger partial charge is 0.146 e. The van der Waals surface area contributed by atoms with Crippen molar-refractivity contribution >= 4 is 35.0 Å². The van der Waals surface area contributed by atoms with Crippen molar-refractivity contribution in [1.29, 1.82) is 5.26 Å². The van der Waals surface area contributed by atoms with Crippen molar-refractivity contribution in [2.75, 3.05) is 5.75 Å². The minimum Gasteiger partial charge on any atom is -0.454 e. The zero-order valence-electron chi connectivity index (χ0n) is 10.7. The minimum absolute atomic E-state index is 0.412. The molecule has 2 aromatic carbocycles. The number of nitriles is 1. The second-order valence-corrected chi connectivity index (χ2v) is 6.00. The zero-order valence-corrected chi connectivity index (χ0v) is 13.0. The minimum atomic E-state index is 0.412. The van der Waals surface area contributed by atoms with E-state index in [1.54, 1.807) is 36.0 Å². The van der Waals surface area contributed by atoms with Crippen LogP contribution in [0.2, 0.25) is 10.0 Å². The van der Waals surface area contributed by atoms with E-state index in [-0.39, 0.29) is 0 Å². The molecule has 0 unspecified atom stereocenters. The summed E-state index contributed by atoms with van der Waals surface area (Å²) in [6.45, 7) is 2.04. The summed E-state index contributed by atoms with van der Waals surface area (Å²) < 4.78 is 5.75. The molecule has 20 heavy (non-hydrogen) atoms. The van der Waals surface area contributed by atoms with Gasteiger partial charge in [-0.05, 0) is 36.1 Å². The van der Waals surface area contributed by atoms with E-state index < -0.39 is 0 Å². The first-order valence-electron chi connectivity index (χ1n) is 5.94. The van der Waals surface area contributed by atoms with E-state index in [2.05, 4.69) is 6.07 Å². The van der Waals surface area contributed by atoms with Crippen molar-refractivity contribution in [1.82, 2.24) is 0 Å². The van der Waals surface area contributed by atoms with Gasteiger partial charge in [-0.15, -0.1) is 11.8 Å². The van der Waals surface area contributed by atoms with Crippen LogP contribution < -0.4 is 4.74 Å². The Morgan fingerprint density at radius 3 is 2.65 bits per heavy atom. The maximum atomic E-state index is 9.32. The third kappa shape index (κ3) is 3.40. The second kappa shape index (κ2) is 6.90. The Hall–Kier alpha value is -1.34. The van der Waals surface area contributed by atoms with E-state index in [0.717, 1.165) is 10.6 Å². The van der Waals surface area contributed by atoms with Crippen molar-refractivity contribution in [2.24, 2.45) is 0 Å². The Morgan fingerprint density at radius 2 is 2.00 bits per heavy atom. The van der Waals surface area contributed by atoms with Gasteiger partial charge in [-0.25, -0.2) is 0 Å². The normalized spacial score (nSPS) is 10.1. The molecule has 0 fully saturated rings. The highest BCUT2D eigenvalue weighted by atomic mass is 35.5. The Morgan fingerprint density at radius 1 is 1.20 bits per heavy atom. The highest BCUT2D eigenvalue weighted by molar-refractivity contribution is 7.99. The van der Waals surface area contributed by atoms with Crippen LogP contribution in [0.5, 0.6) is 11.5 Å². The summed E-state index contributed by atoms with van der Waals surface area (Å²) in [5.74, 6) is 1.86. The number of hydrogen-bond donors (Lipinski definition) is 0. The van der Waals surface area contributed by atoms with Crippen molar-refractivity contribution in [3.05, 3.63) is 52.0 Å². The molecule has 0 atom stereocenters. The van der Waals surface area contributed by atoms with Crippen molar-refractivity contribution in [2.45, 2.75) is 11.8 Å². The number of halogens is 2. The summed E-state index contributed by atoms with van der Waals surface area (Å²) in [6.07, 6.45) is 0. The fourth-order valence-electron chi connectivity index (χ4n) is 1.66. The molecule has 0 aliphatic carbocycles. The molecule has 0 heterocycles. The van der Waals surface area contributed by atoms with E-state index in [1.807, 2.05) is 19.1 Å². The Bertz CT molecular complexity index is 667. The van der Waals surface area contributed by atoms with E-state index in [4.69, 9.17) is 27.9 Å². The number of nitrogens with zero attached hydrogens (tertiary/aromatic N) is 1. The van der Waals surface area contributed by atoms with Gasteiger partial charge >= 0.3 is 0 Å². The molecule has 0 bridgehead atoms. The molecule has 0 saturated carbocycles. The van der Waals surface area contributed by atoms with E-state index in [1.165, 1.54) is 0 Å². The number of thioether (sulfide) groups is 1. The van der Waals surface area contributed by atoms with Crippen LogP contribution in [0.4, 0.5) is 0 Å². The number of ether oxygens (including phenoxy) is 1. The highest BCUT2D eigenvalue weighted by Gasteiger charge is 2.11. The summed E-state index contributed by atoms with van der Waals surface area (Å²) in [5.41, 5.74) is 0.519. The molecule has 0 N–H and O–H groups in total.